The molecule has 2 aromatic heterocycles. The summed E-state index contributed by atoms with van der Waals surface area (Å²) in [5.41, 5.74) is 5.29. The van der Waals surface area contributed by atoms with E-state index in [2.05, 4.69) is 51.0 Å². The number of aromatic nitrogens is 3. The van der Waals surface area contributed by atoms with Gasteiger partial charge in [-0.05, 0) is 30.7 Å². The molecule has 5 nitrogen and oxygen atoms in total. The second kappa shape index (κ2) is 9.41. The normalized spacial score (nSPS) is 10.7. The molecule has 6 heteroatoms. The number of hydrogen-bond donors (Lipinski definition) is 1. The van der Waals surface area contributed by atoms with Crippen LogP contribution in [0, 0.1) is 6.92 Å². The molecule has 30 heavy (non-hydrogen) atoms. The third-order valence-electron chi connectivity index (χ3n) is 4.64. The van der Waals surface area contributed by atoms with Crippen molar-refractivity contribution in [3.05, 3.63) is 96.4 Å². The molecule has 1 amide bonds. The van der Waals surface area contributed by atoms with Gasteiger partial charge in [-0.2, -0.15) is 0 Å². The summed E-state index contributed by atoms with van der Waals surface area (Å²) in [6, 6.07) is 22.3. The fourth-order valence-corrected chi connectivity index (χ4v) is 3.90. The Bertz CT molecular complexity index is 1110. The number of para-hydroxylation sites is 1. The highest BCUT2D eigenvalue weighted by atomic mass is 32.2. The summed E-state index contributed by atoms with van der Waals surface area (Å²) in [6.45, 7) is 2.54. The summed E-state index contributed by atoms with van der Waals surface area (Å²) < 4.78 is 2.10. The van der Waals surface area contributed by atoms with E-state index in [0.29, 0.717) is 6.54 Å². The number of carbonyl (C=O) groups excluding carboxylic acids is 1. The topological polar surface area (TPSA) is 59.8 Å². The van der Waals surface area contributed by atoms with Crippen molar-refractivity contribution in [2.75, 3.05) is 5.75 Å². The lowest BCUT2D eigenvalue weighted by molar-refractivity contribution is -0.118. The second-order valence-corrected chi connectivity index (χ2v) is 7.83. The van der Waals surface area contributed by atoms with Crippen LogP contribution in [0.3, 0.4) is 0 Å². The third kappa shape index (κ3) is 4.78. The minimum absolute atomic E-state index is 0.0386. The minimum Gasteiger partial charge on any atom is -0.351 e. The summed E-state index contributed by atoms with van der Waals surface area (Å²) in [5, 5.41) is 3.72. The largest absolute Gasteiger partial charge is 0.351 e. The Morgan fingerprint density at radius 3 is 2.53 bits per heavy atom. The third-order valence-corrected chi connectivity index (χ3v) is 5.59. The zero-order chi connectivity index (χ0) is 20.8. The molecule has 0 saturated carbocycles. The Morgan fingerprint density at radius 1 is 1.00 bits per heavy atom. The van der Waals surface area contributed by atoms with Crippen molar-refractivity contribution in [2.45, 2.75) is 18.6 Å². The number of hydrogen-bond acceptors (Lipinski definition) is 4. The van der Waals surface area contributed by atoms with Crippen LogP contribution in [0.4, 0.5) is 0 Å². The maximum absolute atomic E-state index is 12.4. The SMILES string of the molecule is Cc1ccc(-c2cnc(SCC(=O)NCc3cccnc3)n2-c2ccccc2)cc1. The number of aryl methyl sites for hydroxylation is 1. The average molecular weight is 415 g/mol. The number of rotatable bonds is 7. The van der Waals surface area contributed by atoms with E-state index in [1.807, 2.05) is 48.7 Å². The van der Waals surface area contributed by atoms with Crippen LogP contribution in [-0.2, 0) is 11.3 Å². The zero-order valence-electron chi connectivity index (χ0n) is 16.7. The van der Waals surface area contributed by atoms with Crippen LogP contribution in [0.1, 0.15) is 11.1 Å². The molecule has 1 N–H and O–H groups in total. The summed E-state index contributed by atoms with van der Waals surface area (Å²) in [6.07, 6.45) is 5.34. The van der Waals surface area contributed by atoms with Crippen molar-refractivity contribution in [1.82, 2.24) is 19.9 Å². The van der Waals surface area contributed by atoms with Gasteiger partial charge in [-0.15, -0.1) is 0 Å². The van der Waals surface area contributed by atoms with Gasteiger partial charge in [-0.1, -0.05) is 65.9 Å². The van der Waals surface area contributed by atoms with E-state index >= 15 is 0 Å². The first-order valence-corrected chi connectivity index (χ1v) is 10.7. The molecule has 0 unspecified atom stereocenters. The van der Waals surface area contributed by atoms with Crippen molar-refractivity contribution >= 4 is 17.7 Å². The lowest BCUT2D eigenvalue weighted by Gasteiger charge is -2.12. The van der Waals surface area contributed by atoms with Crippen LogP contribution in [0.5, 0.6) is 0 Å². The highest BCUT2D eigenvalue weighted by molar-refractivity contribution is 7.99. The monoisotopic (exact) mass is 414 g/mol. The number of amides is 1. The Hall–Kier alpha value is -3.38. The molecule has 4 aromatic rings. The maximum atomic E-state index is 12.4. The molecule has 0 radical (unpaired) electrons. The van der Waals surface area contributed by atoms with Crippen LogP contribution < -0.4 is 5.32 Å². The summed E-state index contributed by atoms with van der Waals surface area (Å²) in [5.74, 6) is 0.251. The van der Waals surface area contributed by atoms with E-state index in [9.17, 15) is 4.79 Å². The van der Waals surface area contributed by atoms with E-state index in [0.717, 1.165) is 27.7 Å². The van der Waals surface area contributed by atoms with E-state index in [1.165, 1.54) is 17.3 Å². The number of pyridine rings is 1. The Kier molecular flexibility index (Phi) is 6.25. The minimum atomic E-state index is -0.0386. The first-order valence-electron chi connectivity index (χ1n) is 9.69. The second-order valence-electron chi connectivity index (χ2n) is 6.89. The van der Waals surface area contributed by atoms with Gasteiger partial charge in [-0.25, -0.2) is 4.98 Å². The average Bonchev–Trinajstić information content (AvgIpc) is 3.22. The smallest absolute Gasteiger partial charge is 0.230 e. The van der Waals surface area contributed by atoms with Crippen LogP contribution in [-0.4, -0.2) is 26.2 Å². The van der Waals surface area contributed by atoms with Crippen LogP contribution in [0.25, 0.3) is 16.9 Å². The highest BCUT2D eigenvalue weighted by Crippen LogP contribution is 2.30. The van der Waals surface area contributed by atoms with Crippen molar-refractivity contribution < 1.29 is 4.79 Å². The lowest BCUT2D eigenvalue weighted by atomic mass is 10.1. The standard InChI is InChI=1S/C24H22N4OS/c1-18-9-11-20(12-10-18)22-16-27-24(28(22)21-7-3-2-4-8-21)30-17-23(29)26-15-19-6-5-13-25-14-19/h2-14,16H,15,17H2,1H3,(H,26,29). The predicted molar refractivity (Wildman–Crippen MR) is 121 cm³/mol. The predicted octanol–water partition coefficient (Wildman–Crippen LogP) is 4.65. The van der Waals surface area contributed by atoms with Gasteiger partial charge in [0.15, 0.2) is 5.16 Å². The Morgan fingerprint density at radius 2 is 1.80 bits per heavy atom. The Balaban J connectivity index is 1.53. The first-order chi connectivity index (χ1) is 14.7. The highest BCUT2D eigenvalue weighted by Gasteiger charge is 2.15. The molecular formula is C24H22N4OS. The van der Waals surface area contributed by atoms with Gasteiger partial charge in [0.25, 0.3) is 0 Å². The molecule has 0 spiro atoms. The molecule has 0 aliphatic heterocycles. The summed E-state index contributed by atoms with van der Waals surface area (Å²) in [4.78, 5) is 21.0. The van der Waals surface area contributed by atoms with Gasteiger partial charge in [0.2, 0.25) is 5.91 Å². The molecule has 2 aromatic carbocycles. The van der Waals surface area contributed by atoms with Crippen molar-refractivity contribution in [1.29, 1.82) is 0 Å². The van der Waals surface area contributed by atoms with E-state index < -0.39 is 0 Å². The number of nitrogens with zero attached hydrogens (tertiary/aromatic N) is 3. The van der Waals surface area contributed by atoms with E-state index in [-0.39, 0.29) is 11.7 Å². The molecule has 0 saturated heterocycles. The van der Waals surface area contributed by atoms with Crippen LogP contribution >= 0.6 is 11.8 Å². The number of benzene rings is 2. The Labute approximate surface area is 180 Å². The van der Waals surface area contributed by atoms with Crippen molar-refractivity contribution in [2.24, 2.45) is 0 Å². The molecule has 0 aliphatic carbocycles. The fraction of sp³-hybridized carbons (Fsp3) is 0.125. The van der Waals surface area contributed by atoms with Gasteiger partial charge in [-0.3, -0.25) is 14.3 Å². The van der Waals surface area contributed by atoms with Gasteiger partial charge >= 0.3 is 0 Å². The van der Waals surface area contributed by atoms with Crippen molar-refractivity contribution in [3.63, 3.8) is 0 Å². The first kappa shape index (κ1) is 19.9. The number of thioether (sulfide) groups is 1. The summed E-state index contributed by atoms with van der Waals surface area (Å²) >= 11 is 1.43. The molecule has 0 atom stereocenters. The number of nitrogens with one attached hydrogen (secondary N) is 1. The van der Waals surface area contributed by atoms with Gasteiger partial charge in [0.1, 0.15) is 0 Å². The van der Waals surface area contributed by atoms with Gasteiger partial charge < -0.3 is 5.32 Å². The van der Waals surface area contributed by atoms with Gasteiger partial charge in [0.05, 0.1) is 17.6 Å². The molecule has 0 fully saturated rings. The molecule has 150 valence electrons. The quantitative estimate of drug-likeness (QED) is 0.447. The van der Waals surface area contributed by atoms with Crippen molar-refractivity contribution in [3.8, 4) is 16.9 Å². The number of carbonyl (C=O) groups is 1. The zero-order valence-corrected chi connectivity index (χ0v) is 17.5. The molecule has 4 rings (SSSR count). The van der Waals surface area contributed by atoms with Crippen LogP contribution in [0.2, 0.25) is 0 Å². The molecule has 2 heterocycles. The van der Waals surface area contributed by atoms with E-state index in [4.69, 9.17) is 0 Å². The molecule has 0 aliphatic rings. The lowest BCUT2D eigenvalue weighted by Crippen LogP contribution is -2.24. The molecular weight excluding hydrogens is 392 g/mol. The fourth-order valence-electron chi connectivity index (χ4n) is 3.08. The van der Waals surface area contributed by atoms with E-state index in [1.54, 1.807) is 12.4 Å². The molecule has 0 bridgehead atoms. The maximum Gasteiger partial charge on any atom is 0.230 e. The van der Waals surface area contributed by atoms with Gasteiger partial charge in [0, 0.05) is 30.2 Å². The number of imidazole rings is 1. The summed E-state index contributed by atoms with van der Waals surface area (Å²) in [7, 11) is 0. The van der Waals surface area contributed by atoms with Crippen LogP contribution in [0.15, 0.2) is 90.5 Å².